The molecule has 1 aliphatic rings. The number of rotatable bonds is 1. The van der Waals surface area contributed by atoms with Gasteiger partial charge in [0.2, 0.25) is 0 Å². The van der Waals surface area contributed by atoms with Gasteiger partial charge in [0.05, 0.1) is 13.7 Å². The van der Waals surface area contributed by atoms with Crippen LogP contribution in [0.4, 0.5) is 4.79 Å². The standard InChI is InChI=1S/C7H12N2O4/c1-13-6(12)9-3-2-7(8,4-9)5(10)11/h2-4,8H2,1H3,(H,10,11). The van der Waals surface area contributed by atoms with Gasteiger partial charge in [-0.2, -0.15) is 0 Å². The minimum Gasteiger partial charge on any atom is -0.480 e. The second-order valence-corrected chi connectivity index (χ2v) is 3.10. The van der Waals surface area contributed by atoms with Crippen molar-refractivity contribution < 1.29 is 19.4 Å². The molecule has 0 aromatic carbocycles. The van der Waals surface area contributed by atoms with Gasteiger partial charge in [-0.25, -0.2) is 4.79 Å². The number of nitrogens with two attached hydrogens (primary N) is 1. The lowest BCUT2D eigenvalue weighted by Gasteiger charge is -2.18. The molecular weight excluding hydrogens is 176 g/mol. The third-order valence-electron chi connectivity index (χ3n) is 2.16. The third kappa shape index (κ3) is 1.72. The van der Waals surface area contributed by atoms with Gasteiger partial charge < -0.3 is 20.5 Å². The highest BCUT2D eigenvalue weighted by Crippen LogP contribution is 2.19. The van der Waals surface area contributed by atoms with Crippen LogP contribution in [0.5, 0.6) is 0 Å². The van der Waals surface area contributed by atoms with Crippen molar-refractivity contribution in [2.75, 3.05) is 20.2 Å². The highest BCUT2D eigenvalue weighted by molar-refractivity contribution is 5.81. The van der Waals surface area contributed by atoms with E-state index >= 15 is 0 Å². The van der Waals surface area contributed by atoms with E-state index in [0.29, 0.717) is 6.54 Å². The molecule has 13 heavy (non-hydrogen) atoms. The van der Waals surface area contributed by atoms with E-state index in [0.717, 1.165) is 0 Å². The van der Waals surface area contributed by atoms with Crippen molar-refractivity contribution in [1.82, 2.24) is 4.90 Å². The molecule has 1 aliphatic heterocycles. The monoisotopic (exact) mass is 188 g/mol. The van der Waals surface area contributed by atoms with E-state index in [1.54, 1.807) is 0 Å². The molecule has 0 radical (unpaired) electrons. The summed E-state index contributed by atoms with van der Waals surface area (Å²) in [5, 5.41) is 8.74. The van der Waals surface area contributed by atoms with Gasteiger partial charge in [-0.05, 0) is 6.42 Å². The van der Waals surface area contributed by atoms with Crippen LogP contribution in [-0.4, -0.2) is 47.8 Å². The molecule has 0 aliphatic carbocycles. The molecule has 1 atom stereocenters. The third-order valence-corrected chi connectivity index (χ3v) is 2.16. The first kappa shape index (κ1) is 9.79. The van der Waals surface area contributed by atoms with Crippen LogP contribution in [0, 0.1) is 0 Å². The predicted molar refractivity (Wildman–Crippen MR) is 43.1 cm³/mol. The van der Waals surface area contributed by atoms with Crippen LogP contribution in [0.1, 0.15) is 6.42 Å². The number of carbonyl (C=O) groups is 2. The van der Waals surface area contributed by atoms with Gasteiger partial charge in [0.1, 0.15) is 5.54 Å². The van der Waals surface area contributed by atoms with Crippen LogP contribution >= 0.6 is 0 Å². The molecule has 0 saturated carbocycles. The number of methoxy groups -OCH3 is 1. The fraction of sp³-hybridized carbons (Fsp3) is 0.714. The van der Waals surface area contributed by atoms with Gasteiger partial charge in [0, 0.05) is 6.54 Å². The summed E-state index contributed by atoms with van der Waals surface area (Å²) in [5.74, 6) is -1.08. The zero-order valence-electron chi connectivity index (χ0n) is 7.32. The molecule has 1 fully saturated rings. The van der Waals surface area contributed by atoms with E-state index in [1.807, 2.05) is 0 Å². The van der Waals surface area contributed by atoms with Gasteiger partial charge in [-0.15, -0.1) is 0 Å². The molecule has 0 bridgehead atoms. The molecule has 1 rings (SSSR count). The molecular formula is C7H12N2O4. The number of hydrogen-bond acceptors (Lipinski definition) is 4. The number of nitrogens with zero attached hydrogens (tertiary/aromatic N) is 1. The van der Waals surface area contributed by atoms with Gasteiger partial charge >= 0.3 is 12.1 Å². The number of carbonyl (C=O) groups excluding carboxylic acids is 1. The first-order chi connectivity index (χ1) is 5.99. The largest absolute Gasteiger partial charge is 0.480 e. The van der Waals surface area contributed by atoms with Crippen LogP contribution in [0.25, 0.3) is 0 Å². The Morgan fingerprint density at radius 1 is 1.62 bits per heavy atom. The zero-order chi connectivity index (χ0) is 10.1. The van der Waals surface area contributed by atoms with E-state index in [-0.39, 0.29) is 13.0 Å². The zero-order valence-corrected chi connectivity index (χ0v) is 7.32. The van der Waals surface area contributed by atoms with Gasteiger partial charge in [0.25, 0.3) is 0 Å². The quantitative estimate of drug-likeness (QED) is 0.564. The topological polar surface area (TPSA) is 92.9 Å². The average molecular weight is 188 g/mol. The summed E-state index contributed by atoms with van der Waals surface area (Å²) in [6, 6.07) is 0. The summed E-state index contributed by atoms with van der Waals surface area (Å²) in [6.07, 6.45) is -0.272. The molecule has 6 heteroatoms. The number of carboxylic acid groups (broad SMARTS) is 1. The molecule has 0 spiro atoms. The summed E-state index contributed by atoms with van der Waals surface area (Å²) in [4.78, 5) is 22.9. The summed E-state index contributed by atoms with van der Waals surface area (Å²) >= 11 is 0. The molecule has 1 saturated heterocycles. The minimum absolute atomic E-state index is 0.00894. The maximum atomic E-state index is 11.0. The Kier molecular flexibility index (Phi) is 2.42. The van der Waals surface area contributed by atoms with Crippen LogP contribution < -0.4 is 5.73 Å². The molecule has 3 N–H and O–H groups in total. The fourth-order valence-corrected chi connectivity index (χ4v) is 1.29. The number of aliphatic carboxylic acids is 1. The lowest BCUT2D eigenvalue weighted by atomic mass is 10.0. The lowest BCUT2D eigenvalue weighted by Crippen LogP contribution is -2.50. The SMILES string of the molecule is COC(=O)N1CCC(N)(C(=O)O)C1. The minimum atomic E-state index is -1.31. The number of amides is 1. The maximum Gasteiger partial charge on any atom is 0.409 e. The molecule has 0 aromatic rings. The van der Waals surface area contributed by atoms with Crippen molar-refractivity contribution in [3.63, 3.8) is 0 Å². The second kappa shape index (κ2) is 3.21. The average Bonchev–Trinajstić information content (AvgIpc) is 2.48. The molecule has 1 amide bonds. The Morgan fingerprint density at radius 2 is 2.23 bits per heavy atom. The van der Waals surface area contributed by atoms with Gasteiger partial charge in [-0.1, -0.05) is 0 Å². The Hall–Kier alpha value is -1.30. The number of carboxylic acids is 1. The smallest absolute Gasteiger partial charge is 0.409 e. The summed E-state index contributed by atoms with van der Waals surface area (Å²) in [7, 11) is 1.25. The fourth-order valence-electron chi connectivity index (χ4n) is 1.29. The lowest BCUT2D eigenvalue weighted by molar-refractivity contribution is -0.142. The maximum absolute atomic E-state index is 11.0. The Bertz CT molecular complexity index is 243. The molecule has 74 valence electrons. The van der Waals surface area contributed by atoms with Crippen molar-refractivity contribution in [1.29, 1.82) is 0 Å². The molecule has 1 heterocycles. The Balaban J connectivity index is 2.63. The number of ether oxygens (including phenoxy) is 1. The van der Waals surface area contributed by atoms with Gasteiger partial charge in [0.15, 0.2) is 0 Å². The van der Waals surface area contributed by atoms with Gasteiger partial charge in [-0.3, -0.25) is 4.79 Å². The molecule has 1 unspecified atom stereocenters. The van der Waals surface area contributed by atoms with E-state index in [1.165, 1.54) is 12.0 Å². The van der Waals surface area contributed by atoms with Crippen LogP contribution in [0.3, 0.4) is 0 Å². The first-order valence-corrected chi connectivity index (χ1v) is 3.85. The number of likely N-dealkylation sites (tertiary alicyclic amines) is 1. The van der Waals surface area contributed by atoms with E-state index in [4.69, 9.17) is 10.8 Å². The summed E-state index contributed by atoms with van der Waals surface area (Å²) in [6.45, 7) is 0.338. The van der Waals surface area contributed by atoms with Crippen LogP contribution in [0.15, 0.2) is 0 Å². The summed E-state index contributed by atoms with van der Waals surface area (Å²) in [5.41, 5.74) is 4.22. The highest BCUT2D eigenvalue weighted by atomic mass is 16.5. The van der Waals surface area contributed by atoms with E-state index in [2.05, 4.69) is 4.74 Å². The van der Waals surface area contributed by atoms with Crippen molar-refractivity contribution in [2.24, 2.45) is 5.73 Å². The number of hydrogen-bond donors (Lipinski definition) is 2. The molecule has 6 nitrogen and oxygen atoms in total. The van der Waals surface area contributed by atoms with Crippen LogP contribution in [-0.2, 0) is 9.53 Å². The Morgan fingerprint density at radius 3 is 2.62 bits per heavy atom. The normalized spacial score (nSPS) is 27.4. The van der Waals surface area contributed by atoms with E-state index in [9.17, 15) is 9.59 Å². The van der Waals surface area contributed by atoms with Crippen molar-refractivity contribution in [2.45, 2.75) is 12.0 Å². The van der Waals surface area contributed by atoms with E-state index < -0.39 is 17.6 Å². The Labute approximate surface area is 75.3 Å². The van der Waals surface area contributed by atoms with Crippen molar-refractivity contribution in [3.8, 4) is 0 Å². The molecule has 0 aromatic heterocycles. The van der Waals surface area contributed by atoms with Crippen molar-refractivity contribution in [3.05, 3.63) is 0 Å². The van der Waals surface area contributed by atoms with Crippen LogP contribution in [0.2, 0.25) is 0 Å². The first-order valence-electron chi connectivity index (χ1n) is 3.85. The van der Waals surface area contributed by atoms with Crippen molar-refractivity contribution >= 4 is 12.1 Å². The second-order valence-electron chi connectivity index (χ2n) is 3.10. The summed E-state index contributed by atoms with van der Waals surface area (Å²) < 4.78 is 4.45. The highest BCUT2D eigenvalue weighted by Gasteiger charge is 2.43. The predicted octanol–water partition coefficient (Wildman–Crippen LogP) is -0.759.